The van der Waals surface area contributed by atoms with Crippen molar-refractivity contribution in [2.75, 3.05) is 13.2 Å². The molecule has 4 nitrogen and oxygen atoms in total. The first-order chi connectivity index (χ1) is 11.3. The summed E-state index contributed by atoms with van der Waals surface area (Å²) in [6.07, 6.45) is -3.21. The molecule has 0 bridgehead atoms. The standard InChI is InChI=1S/C16H17ClF3NO3/c17-12-6-9(7-13-14(12)24-5-4-23-13)15(22)21-11-3-1-2-10(8-11)16(18,19)20/h6-7,10-11H,1-5,8H2,(H,21,22)/t10-,11+/m1/s1. The van der Waals surface area contributed by atoms with Crippen molar-refractivity contribution in [2.45, 2.75) is 37.9 Å². The molecule has 2 aliphatic rings. The molecule has 2 atom stereocenters. The van der Waals surface area contributed by atoms with Gasteiger partial charge >= 0.3 is 6.18 Å². The normalized spacial score (nSPS) is 23.7. The minimum Gasteiger partial charge on any atom is -0.486 e. The van der Waals surface area contributed by atoms with Crippen LogP contribution in [0.15, 0.2) is 12.1 Å². The average Bonchev–Trinajstić information content (AvgIpc) is 2.54. The molecule has 1 aliphatic carbocycles. The summed E-state index contributed by atoms with van der Waals surface area (Å²) in [6, 6.07) is 2.44. The number of rotatable bonds is 2. The van der Waals surface area contributed by atoms with E-state index in [-0.39, 0.29) is 23.4 Å². The maximum Gasteiger partial charge on any atom is 0.391 e. The molecule has 1 fully saturated rings. The number of amides is 1. The highest BCUT2D eigenvalue weighted by atomic mass is 35.5. The lowest BCUT2D eigenvalue weighted by Gasteiger charge is -2.31. The van der Waals surface area contributed by atoms with Crippen molar-refractivity contribution in [3.05, 3.63) is 22.7 Å². The molecule has 0 radical (unpaired) electrons. The van der Waals surface area contributed by atoms with E-state index < -0.39 is 24.0 Å². The second-order valence-corrected chi connectivity index (χ2v) is 6.46. The van der Waals surface area contributed by atoms with Gasteiger partial charge in [-0.1, -0.05) is 18.0 Å². The lowest BCUT2D eigenvalue weighted by Crippen LogP contribution is -2.41. The third kappa shape index (κ3) is 3.71. The average molecular weight is 364 g/mol. The molecule has 8 heteroatoms. The number of alkyl halides is 3. The van der Waals surface area contributed by atoms with Gasteiger partial charge in [0, 0.05) is 11.6 Å². The molecule has 132 valence electrons. The maximum atomic E-state index is 12.9. The number of carbonyl (C=O) groups excluding carboxylic acids is 1. The van der Waals surface area contributed by atoms with Crippen LogP contribution in [0.2, 0.25) is 5.02 Å². The number of benzene rings is 1. The Morgan fingerprint density at radius 3 is 2.71 bits per heavy atom. The predicted octanol–water partition coefficient (Wildman–Crippen LogP) is 3.96. The maximum absolute atomic E-state index is 12.9. The van der Waals surface area contributed by atoms with Gasteiger partial charge in [-0.3, -0.25) is 4.79 Å². The number of hydrogen-bond donors (Lipinski definition) is 1. The second-order valence-electron chi connectivity index (χ2n) is 6.06. The van der Waals surface area contributed by atoms with Crippen LogP contribution in [0.3, 0.4) is 0 Å². The van der Waals surface area contributed by atoms with E-state index in [1.54, 1.807) is 0 Å². The Kier molecular flexibility index (Phi) is 4.80. The number of carbonyl (C=O) groups is 1. The van der Waals surface area contributed by atoms with Crippen LogP contribution in [0, 0.1) is 5.92 Å². The highest BCUT2D eigenvalue weighted by molar-refractivity contribution is 6.32. The first kappa shape index (κ1) is 17.2. The van der Waals surface area contributed by atoms with E-state index in [1.807, 2.05) is 0 Å². The van der Waals surface area contributed by atoms with Crippen molar-refractivity contribution >= 4 is 17.5 Å². The minimum atomic E-state index is -4.22. The summed E-state index contributed by atoms with van der Waals surface area (Å²) in [7, 11) is 0. The van der Waals surface area contributed by atoms with E-state index in [0.717, 1.165) is 0 Å². The molecule has 1 saturated carbocycles. The van der Waals surface area contributed by atoms with Gasteiger partial charge in [-0.25, -0.2) is 0 Å². The number of halogens is 4. The predicted molar refractivity (Wildman–Crippen MR) is 81.7 cm³/mol. The van der Waals surface area contributed by atoms with Crippen LogP contribution in [-0.4, -0.2) is 31.3 Å². The summed E-state index contributed by atoms with van der Waals surface area (Å²) in [4.78, 5) is 12.4. The first-order valence-electron chi connectivity index (χ1n) is 7.81. The second kappa shape index (κ2) is 6.70. The highest BCUT2D eigenvalue weighted by Gasteiger charge is 2.42. The SMILES string of the molecule is O=C(N[C@H]1CCC[C@@H](C(F)(F)F)C1)c1cc(Cl)c2c(c1)OCCO2. The van der Waals surface area contributed by atoms with Gasteiger partial charge in [0.15, 0.2) is 11.5 Å². The molecule has 1 N–H and O–H groups in total. The van der Waals surface area contributed by atoms with Crippen molar-refractivity contribution in [2.24, 2.45) is 5.92 Å². The first-order valence-corrected chi connectivity index (χ1v) is 8.19. The lowest BCUT2D eigenvalue weighted by molar-refractivity contribution is -0.183. The molecule has 0 saturated heterocycles. The fraction of sp³-hybridized carbons (Fsp3) is 0.562. The quantitative estimate of drug-likeness (QED) is 0.865. The molecule has 0 aromatic heterocycles. The Hall–Kier alpha value is -1.63. The zero-order valence-corrected chi connectivity index (χ0v) is 13.5. The fourth-order valence-electron chi connectivity index (χ4n) is 3.13. The number of fused-ring (bicyclic) bond motifs is 1. The summed E-state index contributed by atoms with van der Waals surface area (Å²) in [5.74, 6) is -1.06. The largest absolute Gasteiger partial charge is 0.486 e. The van der Waals surface area contributed by atoms with E-state index in [1.165, 1.54) is 12.1 Å². The molecule has 0 spiro atoms. The van der Waals surface area contributed by atoms with Crippen LogP contribution < -0.4 is 14.8 Å². The number of ether oxygens (including phenoxy) is 2. The molecule has 24 heavy (non-hydrogen) atoms. The van der Waals surface area contributed by atoms with Crippen molar-refractivity contribution < 1.29 is 27.4 Å². The summed E-state index contributed by atoms with van der Waals surface area (Å²) in [5, 5.41) is 2.92. The van der Waals surface area contributed by atoms with E-state index in [2.05, 4.69) is 5.32 Å². The Morgan fingerprint density at radius 2 is 1.96 bits per heavy atom. The van der Waals surface area contributed by atoms with Gasteiger partial charge in [-0.2, -0.15) is 13.2 Å². The van der Waals surface area contributed by atoms with Gasteiger partial charge in [0.25, 0.3) is 5.91 Å². The van der Waals surface area contributed by atoms with Crippen molar-refractivity contribution in [1.82, 2.24) is 5.32 Å². The summed E-state index contributed by atoms with van der Waals surface area (Å²) < 4.78 is 49.4. The summed E-state index contributed by atoms with van der Waals surface area (Å²) in [5.41, 5.74) is 0.249. The summed E-state index contributed by atoms with van der Waals surface area (Å²) >= 11 is 6.08. The summed E-state index contributed by atoms with van der Waals surface area (Å²) in [6.45, 7) is 0.726. The fourth-order valence-corrected chi connectivity index (χ4v) is 3.39. The van der Waals surface area contributed by atoms with E-state index in [4.69, 9.17) is 21.1 Å². The van der Waals surface area contributed by atoms with Gasteiger partial charge in [0.05, 0.1) is 10.9 Å². The topological polar surface area (TPSA) is 47.6 Å². The van der Waals surface area contributed by atoms with Crippen LogP contribution >= 0.6 is 11.6 Å². The zero-order valence-electron chi connectivity index (χ0n) is 12.8. The molecule has 1 aliphatic heterocycles. The van der Waals surface area contributed by atoms with Gasteiger partial charge in [-0.05, 0) is 31.4 Å². The monoisotopic (exact) mass is 363 g/mol. The van der Waals surface area contributed by atoms with Gasteiger partial charge in [0.1, 0.15) is 13.2 Å². The molecule has 1 aromatic carbocycles. The smallest absolute Gasteiger partial charge is 0.391 e. The molecule has 3 rings (SSSR count). The van der Waals surface area contributed by atoms with Gasteiger partial charge in [0.2, 0.25) is 0 Å². The molecule has 0 unspecified atom stereocenters. The van der Waals surface area contributed by atoms with Crippen LogP contribution in [0.5, 0.6) is 11.5 Å². The van der Waals surface area contributed by atoms with Crippen LogP contribution in [0.4, 0.5) is 13.2 Å². The van der Waals surface area contributed by atoms with Crippen molar-refractivity contribution in [1.29, 1.82) is 0 Å². The van der Waals surface area contributed by atoms with E-state index in [9.17, 15) is 18.0 Å². The lowest BCUT2D eigenvalue weighted by atomic mass is 9.85. The van der Waals surface area contributed by atoms with Crippen molar-refractivity contribution in [3.63, 3.8) is 0 Å². The zero-order chi connectivity index (χ0) is 17.3. The Morgan fingerprint density at radius 1 is 1.21 bits per heavy atom. The minimum absolute atomic E-state index is 0.0898. The van der Waals surface area contributed by atoms with Crippen LogP contribution in [0.1, 0.15) is 36.0 Å². The molecule has 1 heterocycles. The third-order valence-corrected chi connectivity index (χ3v) is 4.61. The Bertz CT molecular complexity index is 636. The van der Waals surface area contributed by atoms with Gasteiger partial charge < -0.3 is 14.8 Å². The highest BCUT2D eigenvalue weighted by Crippen LogP contribution is 2.39. The van der Waals surface area contributed by atoms with Crippen LogP contribution in [-0.2, 0) is 0 Å². The Balaban J connectivity index is 1.70. The van der Waals surface area contributed by atoms with Crippen LogP contribution in [0.25, 0.3) is 0 Å². The van der Waals surface area contributed by atoms with E-state index >= 15 is 0 Å². The molecular formula is C16H17ClF3NO3. The molecular weight excluding hydrogens is 347 g/mol. The molecule has 1 amide bonds. The Labute approximate surface area is 142 Å². The number of nitrogens with one attached hydrogen (secondary N) is 1. The molecule has 1 aromatic rings. The van der Waals surface area contributed by atoms with Gasteiger partial charge in [-0.15, -0.1) is 0 Å². The third-order valence-electron chi connectivity index (χ3n) is 4.33. The number of hydrogen-bond acceptors (Lipinski definition) is 3. The van der Waals surface area contributed by atoms with Crippen molar-refractivity contribution in [3.8, 4) is 11.5 Å². The van der Waals surface area contributed by atoms with E-state index in [0.29, 0.717) is 37.6 Å².